The number of nitrogens with two attached hydrogens (primary N) is 1. The summed E-state index contributed by atoms with van der Waals surface area (Å²) in [6.45, 7) is 0. The second-order valence-electron chi connectivity index (χ2n) is 3.72. The van der Waals surface area contributed by atoms with Crippen molar-refractivity contribution in [3.05, 3.63) is 41.9 Å². The van der Waals surface area contributed by atoms with Crippen LogP contribution in [0, 0.1) is 0 Å². The van der Waals surface area contributed by atoms with Crippen molar-refractivity contribution in [2.75, 3.05) is 5.73 Å². The molecule has 1 unspecified atom stereocenters. The molecule has 0 bridgehead atoms. The minimum atomic E-state index is -0.608. The number of hydrogen-bond acceptors (Lipinski definition) is 4. The highest BCUT2D eigenvalue weighted by molar-refractivity contribution is 5.32. The van der Waals surface area contributed by atoms with E-state index in [4.69, 9.17) is 5.73 Å². The van der Waals surface area contributed by atoms with E-state index in [1.807, 2.05) is 13.1 Å². The largest absolute Gasteiger partial charge is 0.386 e. The average Bonchev–Trinajstić information content (AvgIpc) is 2.65. The molecule has 2 aromatic rings. The Balaban J connectivity index is 2.10. The lowest BCUT2D eigenvalue weighted by atomic mass is 10.1. The maximum absolute atomic E-state index is 9.94. The monoisotopic (exact) mass is 218 g/mol. The Bertz CT molecular complexity index is 480. The van der Waals surface area contributed by atoms with Gasteiger partial charge in [0.05, 0.1) is 5.69 Å². The topological polar surface area (TPSA) is 77.0 Å². The summed E-state index contributed by atoms with van der Waals surface area (Å²) in [7, 11) is 1.82. The first-order valence-corrected chi connectivity index (χ1v) is 5.03. The van der Waals surface area contributed by atoms with Crippen molar-refractivity contribution in [2.24, 2.45) is 7.05 Å². The smallest absolute Gasteiger partial charge is 0.123 e. The molecule has 2 rings (SSSR count). The van der Waals surface area contributed by atoms with Gasteiger partial charge in [-0.25, -0.2) is 4.98 Å². The van der Waals surface area contributed by atoms with Crippen LogP contribution in [0.4, 0.5) is 5.82 Å². The predicted octanol–water partition coefficient (Wildman–Crippen LogP) is 0.673. The normalized spacial score (nSPS) is 12.6. The van der Waals surface area contributed by atoms with E-state index in [2.05, 4.69) is 10.1 Å². The van der Waals surface area contributed by atoms with Gasteiger partial charge in [0, 0.05) is 25.9 Å². The van der Waals surface area contributed by atoms with Gasteiger partial charge in [0.1, 0.15) is 11.9 Å². The van der Waals surface area contributed by atoms with E-state index in [0.717, 1.165) is 5.56 Å². The molecule has 2 heterocycles. The van der Waals surface area contributed by atoms with Gasteiger partial charge in [-0.1, -0.05) is 0 Å². The molecule has 3 N–H and O–H groups in total. The van der Waals surface area contributed by atoms with Crippen LogP contribution >= 0.6 is 0 Å². The Morgan fingerprint density at radius 2 is 2.31 bits per heavy atom. The first kappa shape index (κ1) is 10.6. The van der Waals surface area contributed by atoms with Crippen molar-refractivity contribution >= 4 is 5.82 Å². The van der Waals surface area contributed by atoms with Crippen molar-refractivity contribution in [3.63, 3.8) is 0 Å². The summed E-state index contributed by atoms with van der Waals surface area (Å²) in [6, 6.07) is 5.39. The van der Waals surface area contributed by atoms with E-state index < -0.39 is 6.10 Å². The molecule has 0 aliphatic carbocycles. The number of nitrogen functional groups attached to an aromatic ring is 1. The van der Waals surface area contributed by atoms with Crippen molar-refractivity contribution in [1.29, 1.82) is 0 Å². The van der Waals surface area contributed by atoms with E-state index in [0.29, 0.717) is 17.9 Å². The number of nitrogens with zero attached hydrogens (tertiary/aromatic N) is 3. The molecule has 84 valence electrons. The summed E-state index contributed by atoms with van der Waals surface area (Å²) < 4.78 is 1.67. The summed E-state index contributed by atoms with van der Waals surface area (Å²) in [5.41, 5.74) is 7.18. The van der Waals surface area contributed by atoms with Crippen LogP contribution in [0.25, 0.3) is 0 Å². The first-order chi connectivity index (χ1) is 7.65. The summed E-state index contributed by atoms with van der Waals surface area (Å²) in [5, 5.41) is 14.1. The molecule has 5 nitrogen and oxygen atoms in total. The third-order valence-corrected chi connectivity index (χ3v) is 2.35. The van der Waals surface area contributed by atoms with E-state index in [1.54, 1.807) is 29.2 Å². The van der Waals surface area contributed by atoms with E-state index in [-0.39, 0.29) is 0 Å². The SMILES string of the molecule is Cn1ccc(C(O)Cc2ccnc(N)c2)n1. The zero-order valence-electron chi connectivity index (χ0n) is 9.04. The van der Waals surface area contributed by atoms with Crippen LogP contribution in [-0.4, -0.2) is 19.9 Å². The third kappa shape index (κ3) is 2.38. The highest BCUT2D eigenvalue weighted by atomic mass is 16.3. The molecule has 0 saturated heterocycles. The van der Waals surface area contributed by atoms with Crippen LogP contribution in [0.15, 0.2) is 30.6 Å². The molecule has 0 spiro atoms. The van der Waals surface area contributed by atoms with Crippen molar-refractivity contribution in [2.45, 2.75) is 12.5 Å². The summed E-state index contributed by atoms with van der Waals surface area (Å²) in [6.07, 6.45) is 3.32. The molecular weight excluding hydrogens is 204 g/mol. The Hall–Kier alpha value is -1.88. The maximum Gasteiger partial charge on any atom is 0.123 e. The zero-order valence-corrected chi connectivity index (χ0v) is 9.04. The maximum atomic E-state index is 9.94. The molecule has 0 aliphatic heterocycles. The summed E-state index contributed by atoms with van der Waals surface area (Å²) in [5.74, 6) is 0.464. The zero-order chi connectivity index (χ0) is 11.5. The Morgan fingerprint density at radius 1 is 1.50 bits per heavy atom. The second-order valence-corrected chi connectivity index (χ2v) is 3.72. The quantitative estimate of drug-likeness (QED) is 0.794. The molecular formula is C11H14N4O. The number of aliphatic hydroxyl groups is 1. The lowest BCUT2D eigenvalue weighted by Gasteiger charge is -2.07. The van der Waals surface area contributed by atoms with Crippen LogP contribution in [0.5, 0.6) is 0 Å². The van der Waals surface area contributed by atoms with Gasteiger partial charge < -0.3 is 10.8 Å². The molecule has 0 aromatic carbocycles. The lowest BCUT2D eigenvalue weighted by Crippen LogP contribution is -2.04. The highest BCUT2D eigenvalue weighted by Crippen LogP contribution is 2.16. The second kappa shape index (κ2) is 4.32. The van der Waals surface area contributed by atoms with Gasteiger partial charge in [-0.2, -0.15) is 5.10 Å². The van der Waals surface area contributed by atoms with Gasteiger partial charge in [0.25, 0.3) is 0 Å². The molecule has 0 aliphatic rings. The van der Waals surface area contributed by atoms with Gasteiger partial charge in [0.15, 0.2) is 0 Å². The minimum Gasteiger partial charge on any atom is -0.386 e. The number of aromatic nitrogens is 3. The fourth-order valence-corrected chi connectivity index (χ4v) is 1.56. The van der Waals surface area contributed by atoms with E-state index >= 15 is 0 Å². The van der Waals surface area contributed by atoms with Gasteiger partial charge in [-0.05, 0) is 23.8 Å². The molecule has 2 aromatic heterocycles. The first-order valence-electron chi connectivity index (χ1n) is 5.03. The number of rotatable bonds is 3. The number of aliphatic hydroxyl groups excluding tert-OH is 1. The molecule has 0 saturated carbocycles. The fraction of sp³-hybridized carbons (Fsp3) is 0.273. The number of aryl methyl sites for hydroxylation is 1. The van der Waals surface area contributed by atoms with Crippen molar-refractivity contribution < 1.29 is 5.11 Å². The molecule has 0 radical (unpaired) electrons. The summed E-state index contributed by atoms with van der Waals surface area (Å²) in [4.78, 5) is 3.90. The molecule has 1 atom stereocenters. The number of hydrogen-bond donors (Lipinski definition) is 2. The Morgan fingerprint density at radius 3 is 2.94 bits per heavy atom. The molecule has 5 heteroatoms. The standard InChI is InChI=1S/C11H14N4O/c1-15-5-3-9(14-15)10(16)6-8-2-4-13-11(12)7-8/h2-5,7,10,16H,6H2,1H3,(H2,12,13). The molecule has 0 amide bonds. The van der Waals surface area contributed by atoms with Gasteiger partial charge in [-0.15, -0.1) is 0 Å². The van der Waals surface area contributed by atoms with Gasteiger partial charge in [0.2, 0.25) is 0 Å². The molecule has 16 heavy (non-hydrogen) atoms. The van der Waals surface area contributed by atoms with Crippen molar-refractivity contribution in [3.8, 4) is 0 Å². The van der Waals surface area contributed by atoms with Gasteiger partial charge in [-0.3, -0.25) is 4.68 Å². The predicted molar refractivity (Wildman–Crippen MR) is 60.5 cm³/mol. The van der Waals surface area contributed by atoms with Crippen LogP contribution in [-0.2, 0) is 13.5 Å². The third-order valence-electron chi connectivity index (χ3n) is 2.35. The number of anilines is 1. The van der Waals surface area contributed by atoms with Crippen LogP contribution in [0.3, 0.4) is 0 Å². The summed E-state index contributed by atoms with van der Waals surface area (Å²) >= 11 is 0. The lowest BCUT2D eigenvalue weighted by molar-refractivity contribution is 0.173. The Kier molecular flexibility index (Phi) is 2.87. The number of pyridine rings is 1. The molecule has 0 fully saturated rings. The van der Waals surface area contributed by atoms with Crippen LogP contribution in [0.2, 0.25) is 0 Å². The van der Waals surface area contributed by atoms with E-state index in [9.17, 15) is 5.11 Å². The minimum absolute atomic E-state index is 0.464. The van der Waals surface area contributed by atoms with Gasteiger partial charge >= 0.3 is 0 Å². The van der Waals surface area contributed by atoms with Crippen LogP contribution in [0.1, 0.15) is 17.4 Å². The fourth-order valence-electron chi connectivity index (χ4n) is 1.56. The van der Waals surface area contributed by atoms with Crippen LogP contribution < -0.4 is 5.73 Å². The highest BCUT2D eigenvalue weighted by Gasteiger charge is 2.11. The van der Waals surface area contributed by atoms with E-state index in [1.165, 1.54) is 0 Å². The Labute approximate surface area is 93.5 Å². The van der Waals surface area contributed by atoms with Crippen molar-refractivity contribution in [1.82, 2.24) is 14.8 Å². The average molecular weight is 218 g/mol.